The van der Waals surface area contributed by atoms with Gasteiger partial charge in [0.1, 0.15) is 17.6 Å². The Kier molecular flexibility index (Phi) is 2.80. The highest BCUT2D eigenvalue weighted by Crippen LogP contribution is 2.37. The first-order valence-corrected chi connectivity index (χ1v) is 6.27. The first kappa shape index (κ1) is 11.3. The largest absolute Gasteiger partial charge is 0.383 e. The Labute approximate surface area is 106 Å². The number of hydrogen-bond donors (Lipinski definition) is 1. The van der Waals surface area contributed by atoms with Gasteiger partial charge in [-0.05, 0) is 18.4 Å². The van der Waals surface area contributed by atoms with Crippen LogP contribution >= 0.6 is 0 Å². The fraction of sp³-hybridized carbons (Fsp3) is 0.357. The average Bonchev–Trinajstić information content (AvgIpc) is 3.00. The van der Waals surface area contributed by atoms with Gasteiger partial charge in [-0.15, -0.1) is 0 Å². The third-order valence-electron chi connectivity index (χ3n) is 3.42. The van der Waals surface area contributed by atoms with E-state index >= 15 is 0 Å². The lowest BCUT2D eigenvalue weighted by Gasteiger charge is -2.09. The summed E-state index contributed by atoms with van der Waals surface area (Å²) in [5, 5.41) is 4.54. The van der Waals surface area contributed by atoms with Crippen LogP contribution in [0.3, 0.4) is 0 Å². The molecule has 1 aromatic carbocycles. The summed E-state index contributed by atoms with van der Waals surface area (Å²) in [6.07, 6.45) is 2.20. The van der Waals surface area contributed by atoms with Crippen LogP contribution in [-0.2, 0) is 11.8 Å². The summed E-state index contributed by atoms with van der Waals surface area (Å²) in [6.45, 7) is 0.815. The highest BCUT2D eigenvalue weighted by Gasteiger charge is 2.26. The molecular weight excluding hydrogens is 226 g/mol. The fourth-order valence-electron chi connectivity index (χ4n) is 2.48. The van der Waals surface area contributed by atoms with Crippen LogP contribution in [0.15, 0.2) is 30.3 Å². The van der Waals surface area contributed by atoms with Gasteiger partial charge in [0.15, 0.2) is 0 Å². The third-order valence-corrected chi connectivity index (χ3v) is 3.42. The molecule has 0 bridgehead atoms. The van der Waals surface area contributed by atoms with Crippen LogP contribution in [0.2, 0.25) is 0 Å². The number of aromatic nitrogens is 2. The van der Waals surface area contributed by atoms with Gasteiger partial charge in [0.25, 0.3) is 0 Å². The van der Waals surface area contributed by atoms with Crippen molar-refractivity contribution < 1.29 is 4.74 Å². The van der Waals surface area contributed by atoms with Crippen LogP contribution in [0.5, 0.6) is 0 Å². The van der Waals surface area contributed by atoms with Crippen molar-refractivity contribution in [1.82, 2.24) is 9.78 Å². The van der Waals surface area contributed by atoms with Gasteiger partial charge in [0.05, 0.1) is 0 Å². The molecule has 0 aliphatic carbocycles. The molecule has 1 fully saturated rings. The van der Waals surface area contributed by atoms with Gasteiger partial charge >= 0.3 is 0 Å². The molecule has 94 valence electrons. The normalized spacial score (nSPS) is 19.3. The summed E-state index contributed by atoms with van der Waals surface area (Å²) >= 11 is 0. The zero-order valence-electron chi connectivity index (χ0n) is 10.5. The Hall–Kier alpha value is -1.81. The van der Waals surface area contributed by atoms with Gasteiger partial charge in [-0.1, -0.05) is 30.3 Å². The molecule has 3 rings (SSSR count). The van der Waals surface area contributed by atoms with E-state index in [1.807, 2.05) is 25.2 Å². The molecular formula is C14H17N3O. The minimum Gasteiger partial charge on any atom is -0.383 e. The zero-order chi connectivity index (χ0) is 12.5. The Morgan fingerprint density at radius 1 is 1.33 bits per heavy atom. The maximum atomic E-state index is 6.15. The van der Waals surface area contributed by atoms with E-state index in [2.05, 4.69) is 17.2 Å². The van der Waals surface area contributed by atoms with Gasteiger partial charge in [0.2, 0.25) is 0 Å². The Bertz CT molecular complexity index is 542. The molecule has 0 spiro atoms. The summed E-state index contributed by atoms with van der Waals surface area (Å²) in [5.41, 5.74) is 9.24. The van der Waals surface area contributed by atoms with Gasteiger partial charge < -0.3 is 10.5 Å². The second-order valence-corrected chi connectivity index (χ2v) is 4.64. The van der Waals surface area contributed by atoms with E-state index in [-0.39, 0.29) is 6.10 Å². The second-order valence-electron chi connectivity index (χ2n) is 4.64. The summed E-state index contributed by atoms with van der Waals surface area (Å²) in [7, 11) is 1.88. The molecule has 2 N–H and O–H groups in total. The number of aryl methyl sites for hydroxylation is 1. The first-order chi connectivity index (χ1) is 8.77. The Balaban J connectivity index is 2.12. The van der Waals surface area contributed by atoms with Crippen LogP contribution in [0.4, 0.5) is 5.82 Å². The lowest BCUT2D eigenvalue weighted by Crippen LogP contribution is -2.00. The quantitative estimate of drug-likeness (QED) is 0.881. The molecule has 2 heterocycles. The minimum absolute atomic E-state index is 0.0868. The van der Waals surface area contributed by atoms with Crippen molar-refractivity contribution in [3.8, 4) is 11.1 Å². The standard InChI is InChI=1S/C14H17N3O/c1-17-14(15)12(10-6-3-2-4-7-10)13(16-17)11-8-5-9-18-11/h2-4,6-7,11H,5,8-9,15H2,1H3. The molecule has 0 amide bonds. The summed E-state index contributed by atoms with van der Waals surface area (Å²) in [4.78, 5) is 0. The lowest BCUT2D eigenvalue weighted by molar-refractivity contribution is 0.108. The van der Waals surface area contributed by atoms with Crippen LogP contribution in [0.25, 0.3) is 11.1 Å². The molecule has 2 aromatic rings. The lowest BCUT2D eigenvalue weighted by atomic mass is 10.0. The van der Waals surface area contributed by atoms with E-state index in [4.69, 9.17) is 10.5 Å². The number of anilines is 1. The average molecular weight is 243 g/mol. The molecule has 1 saturated heterocycles. The number of ether oxygens (including phenoxy) is 1. The number of nitrogen functional groups attached to an aromatic ring is 1. The first-order valence-electron chi connectivity index (χ1n) is 6.27. The smallest absolute Gasteiger partial charge is 0.129 e. The second kappa shape index (κ2) is 4.46. The van der Waals surface area contributed by atoms with E-state index in [9.17, 15) is 0 Å². The maximum absolute atomic E-state index is 6.15. The van der Waals surface area contributed by atoms with Crippen LogP contribution in [-0.4, -0.2) is 16.4 Å². The van der Waals surface area contributed by atoms with Crippen molar-refractivity contribution in [1.29, 1.82) is 0 Å². The highest BCUT2D eigenvalue weighted by atomic mass is 16.5. The third kappa shape index (κ3) is 1.78. The van der Waals surface area contributed by atoms with E-state index in [1.165, 1.54) is 0 Å². The monoisotopic (exact) mass is 243 g/mol. The maximum Gasteiger partial charge on any atom is 0.129 e. The molecule has 0 saturated carbocycles. The molecule has 1 atom stereocenters. The zero-order valence-corrected chi connectivity index (χ0v) is 10.5. The van der Waals surface area contributed by atoms with Crippen molar-refractivity contribution in [3.05, 3.63) is 36.0 Å². The Morgan fingerprint density at radius 3 is 2.78 bits per heavy atom. The molecule has 1 aliphatic rings. The number of hydrogen-bond acceptors (Lipinski definition) is 3. The Morgan fingerprint density at radius 2 is 2.11 bits per heavy atom. The van der Waals surface area contributed by atoms with Crippen molar-refractivity contribution in [3.63, 3.8) is 0 Å². The molecule has 4 nitrogen and oxygen atoms in total. The molecule has 1 aromatic heterocycles. The number of nitrogens with zero attached hydrogens (tertiary/aromatic N) is 2. The van der Waals surface area contributed by atoms with Crippen LogP contribution < -0.4 is 5.73 Å². The highest BCUT2D eigenvalue weighted by molar-refractivity contribution is 5.77. The van der Waals surface area contributed by atoms with Crippen molar-refractivity contribution in [2.24, 2.45) is 7.05 Å². The van der Waals surface area contributed by atoms with Crippen molar-refractivity contribution in [2.75, 3.05) is 12.3 Å². The summed E-state index contributed by atoms with van der Waals surface area (Å²) in [5.74, 6) is 0.701. The van der Waals surface area contributed by atoms with E-state index in [1.54, 1.807) is 4.68 Å². The minimum atomic E-state index is 0.0868. The molecule has 1 aliphatic heterocycles. The summed E-state index contributed by atoms with van der Waals surface area (Å²) in [6, 6.07) is 10.2. The van der Waals surface area contributed by atoms with Gasteiger partial charge in [-0.2, -0.15) is 5.10 Å². The summed E-state index contributed by atoms with van der Waals surface area (Å²) < 4.78 is 7.47. The molecule has 4 heteroatoms. The van der Waals surface area contributed by atoms with Crippen LogP contribution in [0, 0.1) is 0 Å². The predicted octanol–water partition coefficient (Wildman–Crippen LogP) is 2.52. The number of benzene rings is 1. The van der Waals surface area contributed by atoms with Gasteiger partial charge in [-0.25, -0.2) is 0 Å². The molecule has 0 radical (unpaired) electrons. The van der Waals surface area contributed by atoms with Crippen molar-refractivity contribution >= 4 is 5.82 Å². The SMILES string of the molecule is Cn1nc(C2CCCO2)c(-c2ccccc2)c1N. The predicted molar refractivity (Wildman–Crippen MR) is 71.0 cm³/mol. The van der Waals surface area contributed by atoms with Crippen molar-refractivity contribution in [2.45, 2.75) is 18.9 Å². The fourth-order valence-corrected chi connectivity index (χ4v) is 2.48. The van der Waals surface area contributed by atoms with Gasteiger partial charge in [-0.3, -0.25) is 4.68 Å². The van der Waals surface area contributed by atoms with Crippen LogP contribution in [0.1, 0.15) is 24.6 Å². The number of rotatable bonds is 2. The van der Waals surface area contributed by atoms with E-state index in [0.29, 0.717) is 5.82 Å². The number of nitrogens with two attached hydrogens (primary N) is 1. The van der Waals surface area contributed by atoms with E-state index in [0.717, 1.165) is 36.3 Å². The molecule has 1 unspecified atom stereocenters. The molecule has 18 heavy (non-hydrogen) atoms. The van der Waals surface area contributed by atoms with E-state index < -0.39 is 0 Å². The topological polar surface area (TPSA) is 53.1 Å². The van der Waals surface area contributed by atoms with Gasteiger partial charge in [0, 0.05) is 19.2 Å².